The van der Waals surface area contributed by atoms with Gasteiger partial charge in [-0.3, -0.25) is 9.58 Å². The Bertz CT molecular complexity index is 443. The molecule has 0 bridgehead atoms. The maximum atomic E-state index is 5.88. The summed E-state index contributed by atoms with van der Waals surface area (Å²) < 4.78 is 2.16. The molecule has 0 aliphatic carbocycles. The summed E-state index contributed by atoms with van der Waals surface area (Å²) in [5, 5.41) is 4.66. The zero-order valence-corrected chi connectivity index (χ0v) is 14.1. The van der Waals surface area contributed by atoms with Gasteiger partial charge >= 0.3 is 0 Å². The van der Waals surface area contributed by atoms with Crippen LogP contribution >= 0.6 is 12.4 Å². The van der Waals surface area contributed by atoms with Gasteiger partial charge in [-0.1, -0.05) is 13.8 Å². The Morgan fingerprint density at radius 3 is 2.60 bits per heavy atom. The third-order valence-corrected chi connectivity index (χ3v) is 4.48. The molecular weight excluding hydrogens is 272 g/mol. The third kappa shape index (κ3) is 3.54. The summed E-state index contributed by atoms with van der Waals surface area (Å²) in [6, 6.07) is 0. The summed E-state index contributed by atoms with van der Waals surface area (Å²) in [7, 11) is 0. The molecule has 1 aliphatic rings. The summed E-state index contributed by atoms with van der Waals surface area (Å²) >= 11 is 0. The fourth-order valence-electron chi connectivity index (χ4n) is 3.04. The molecule has 1 saturated heterocycles. The molecule has 20 heavy (non-hydrogen) atoms. The van der Waals surface area contributed by atoms with Gasteiger partial charge in [0.05, 0.1) is 5.69 Å². The van der Waals surface area contributed by atoms with Gasteiger partial charge in [-0.25, -0.2) is 0 Å². The van der Waals surface area contributed by atoms with E-state index in [0.29, 0.717) is 5.41 Å². The number of nitrogens with two attached hydrogens (primary N) is 1. The highest BCUT2D eigenvalue weighted by Crippen LogP contribution is 2.30. The molecule has 0 saturated carbocycles. The average molecular weight is 301 g/mol. The number of nitrogens with zero attached hydrogens (tertiary/aromatic N) is 3. The quantitative estimate of drug-likeness (QED) is 0.909. The number of hydrogen-bond acceptors (Lipinski definition) is 3. The van der Waals surface area contributed by atoms with E-state index in [1.165, 1.54) is 23.4 Å². The van der Waals surface area contributed by atoms with Gasteiger partial charge in [0.15, 0.2) is 0 Å². The minimum atomic E-state index is 0. The van der Waals surface area contributed by atoms with E-state index in [2.05, 4.69) is 42.4 Å². The van der Waals surface area contributed by atoms with Gasteiger partial charge in [-0.05, 0) is 45.2 Å². The number of halogens is 1. The van der Waals surface area contributed by atoms with Gasteiger partial charge in [-0.2, -0.15) is 5.10 Å². The molecule has 4 nitrogen and oxygen atoms in total. The molecule has 1 atom stereocenters. The van der Waals surface area contributed by atoms with Crippen LogP contribution in [-0.2, 0) is 13.1 Å². The van der Waals surface area contributed by atoms with E-state index in [-0.39, 0.29) is 12.4 Å². The zero-order valence-electron chi connectivity index (χ0n) is 13.3. The number of aryl methyl sites for hydroxylation is 2. The molecule has 0 aromatic carbocycles. The molecule has 1 fully saturated rings. The Morgan fingerprint density at radius 2 is 2.05 bits per heavy atom. The van der Waals surface area contributed by atoms with E-state index in [4.69, 9.17) is 5.73 Å². The molecule has 1 aromatic heterocycles. The van der Waals surface area contributed by atoms with E-state index in [1.54, 1.807) is 0 Å². The van der Waals surface area contributed by atoms with E-state index in [1.807, 2.05) is 0 Å². The lowest BCUT2D eigenvalue weighted by molar-refractivity contribution is 0.273. The summed E-state index contributed by atoms with van der Waals surface area (Å²) in [5.41, 5.74) is 10.1. The normalized spacial score (nSPS) is 23.1. The fraction of sp³-hybridized carbons (Fsp3) is 0.800. The summed E-state index contributed by atoms with van der Waals surface area (Å²) in [6.07, 6.45) is 2.35. The van der Waals surface area contributed by atoms with Crippen molar-refractivity contribution in [2.75, 3.05) is 19.6 Å². The first-order valence-electron chi connectivity index (χ1n) is 7.44. The lowest BCUT2D eigenvalue weighted by Crippen LogP contribution is -2.31. The molecule has 0 spiro atoms. The predicted molar refractivity (Wildman–Crippen MR) is 86.3 cm³/mol. The van der Waals surface area contributed by atoms with E-state index in [9.17, 15) is 0 Å². The van der Waals surface area contributed by atoms with Crippen molar-refractivity contribution in [2.24, 2.45) is 11.1 Å². The molecule has 1 aliphatic heterocycles. The molecule has 2 heterocycles. The second-order valence-electron chi connectivity index (χ2n) is 6.35. The first-order valence-corrected chi connectivity index (χ1v) is 7.44. The van der Waals surface area contributed by atoms with Crippen LogP contribution in [0.3, 0.4) is 0 Å². The Kier molecular flexibility index (Phi) is 6.05. The minimum absolute atomic E-state index is 0. The van der Waals surface area contributed by atoms with Crippen LogP contribution in [0.1, 0.15) is 43.6 Å². The Morgan fingerprint density at radius 1 is 1.35 bits per heavy atom. The maximum Gasteiger partial charge on any atom is 0.0641 e. The van der Waals surface area contributed by atoms with Crippen molar-refractivity contribution in [1.82, 2.24) is 14.7 Å². The predicted octanol–water partition coefficient (Wildman–Crippen LogP) is 2.50. The lowest BCUT2D eigenvalue weighted by atomic mass is 9.90. The lowest BCUT2D eigenvalue weighted by Gasteiger charge is -2.22. The maximum absolute atomic E-state index is 5.88. The molecule has 1 aromatic rings. The second kappa shape index (κ2) is 6.92. The summed E-state index contributed by atoms with van der Waals surface area (Å²) in [4.78, 5) is 2.53. The SMILES string of the molecule is CCCn1nc(C)c(CN2CCC(C)(CN)C2)c1C.Cl. The van der Waals surface area contributed by atoms with E-state index >= 15 is 0 Å². The van der Waals surface area contributed by atoms with Crippen molar-refractivity contribution in [3.05, 3.63) is 17.0 Å². The highest BCUT2D eigenvalue weighted by Gasteiger charge is 2.32. The van der Waals surface area contributed by atoms with Crippen LogP contribution in [0.15, 0.2) is 0 Å². The van der Waals surface area contributed by atoms with Crippen LogP contribution < -0.4 is 5.73 Å². The number of rotatable bonds is 5. The highest BCUT2D eigenvalue weighted by atomic mass is 35.5. The molecule has 0 amide bonds. The van der Waals surface area contributed by atoms with Gasteiger partial charge in [0.25, 0.3) is 0 Å². The van der Waals surface area contributed by atoms with Gasteiger partial charge in [0.1, 0.15) is 0 Å². The van der Waals surface area contributed by atoms with Crippen LogP contribution in [0.4, 0.5) is 0 Å². The smallest absolute Gasteiger partial charge is 0.0641 e. The van der Waals surface area contributed by atoms with Crippen molar-refractivity contribution in [1.29, 1.82) is 0 Å². The number of aromatic nitrogens is 2. The first-order chi connectivity index (χ1) is 8.99. The van der Waals surface area contributed by atoms with Crippen molar-refractivity contribution in [2.45, 2.75) is 53.6 Å². The van der Waals surface area contributed by atoms with Gasteiger partial charge in [-0.15, -0.1) is 12.4 Å². The van der Waals surface area contributed by atoms with Crippen LogP contribution in [0.5, 0.6) is 0 Å². The van der Waals surface area contributed by atoms with Crippen LogP contribution in [0.2, 0.25) is 0 Å². The van der Waals surface area contributed by atoms with Crippen molar-refractivity contribution >= 4 is 12.4 Å². The Balaban J connectivity index is 0.00000200. The van der Waals surface area contributed by atoms with E-state index in [0.717, 1.165) is 39.1 Å². The topological polar surface area (TPSA) is 47.1 Å². The van der Waals surface area contributed by atoms with Crippen molar-refractivity contribution in [3.63, 3.8) is 0 Å². The summed E-state index contributed by atoms with van der Waals surface area (Å²) in [5.74, 6) is 0. The molecule has 116 valence electrons. The average Bonchev–Trinajstić information content (AvgIpc) is 2.87. The molecule has 1 unspecified atom stereocenters. The van der Waals surface area contributed by atoms with E-state index < -0.39 is 0 Å². The molecule has 0 radical (unpaired) electrons. The standard InChI is InChI=1S/C15H28N4.ClH/c1-5-7-19-13(3)14(12(2)17-19)9-18-8-6-15(4,10-16)11-18;/h5-11,16H2,1-4H3;1H. The van der Waals surface area contributed by atoms with Crippen LogP contribution in [0.25, 0.3) is 0 Å². The molecular formula is C15H29ClN4. The Labute approximate surface area is 129 Å². The fourth-order valence-corrected chi connectivity index (χ4v) is 3.04. The largest absolute Gasteiger partial charge is 0.330 e. The number of hydrogen-bond donors (Lipinski definition) is 1. The Hall–Kier alpha value is -0.580. The van der Waals surface area contributed by atoms with Crippen molar-refractivity contribution < 1.29 is 0 Å². The van der Waals surface area contributed by atoms with Crippen molar-refractivity contribution in [3.8, 4) is 0 Å². The monoisotopic (exact) mass is 300 g/mol. The number of likely N-dealkylation sites (tertiary alicyclic amines) is 1. The summed E-state index contributed by atoms with van der Waals surface area (Å²) in [6.45, 7) is 13.9. The molecule has 2 N–H and O–H groups in total. The van der Waals surface area contributed by atoms with Crippen LogP contribution in [0, 0.1) is 19.3 Å². The minimum Gasteiger partial charge on any atom is -0.330 e. The second-order valence-corrected chi connectivity index (χ2v) is 6.35. The van der Waals surface area contributed by atoms with Gasteiger partial charge < -0.3 is 5.73 Å². The van der Waals surface area contributed by atoms with Gasteiger partial charge in [0.2, 0.25) is 0 Å². The highest BCUT2D eigenvalue weighted by molar-refractivity contribution is 5.85. The van der Waals surface area contributed by atoms with Crippen LogP contribution in [-0.4, -0.2) is 34.3 Å². The molecule has 5 heteroatoms. The zero-order chi connectivity index (χ0) is 14.0. The third-order valence-electron chi connectivity index (χ3n) is 4.48. The molecule has 2 rings (SSSR count). The van der Waals surface area contributed by atoms with Gasteiger partial charge in [0, 0.05) is 30.9 Å². The first kappa shape index (κ1) is 17.5.